The fourth-order valence-corrected chi connectivity index (χ4v) is 1.49. The van der Waals surface area contributed by atoms with Gasteiger partial charge in [0.1, 0.15) is 0 Å². The highest BCUT2D eigenvalue weighted by Gasteiger charge is 2.55. The molecule has 0 spiro atoms. The molecule has 1 unspecified atom stereocenters. The van der Waals surface area contributed by atoms with E-state index in [4.69, 9.17) is 5.73 Å². The summed E-state index contributed by atoms with van der Waals surface area (Å²) < 4.78 is 0. The minimum Gasteiger partial charge on any atom is -0.330 e. The highest BCUT2D eigenvalue weighted by atomic mass is 15.3. The normalized spacial score (nSPS) is 36.0. The summed E-state index contributed by atoms with van der Waals surface area (Å²) >= 11 is 0. The summed E-state index contributed by atoms with van der Waals surface area (Å²) in [5.74, 6) is 0. The summed E-state index contributed by atoms with van der Waals surface area (Å²) in [6.45, 7) is 7.56. The lowest BCUT2D eigenvalue weighted by atomic mass is 9.93. The van der Waals surface area contributed by atoms with E-state index in [0.29, 0.717) is 11.1 Å². The zero-order chi connectivity index (χ0) is 7.83. The molecule has 1 aliphatic heterocycles. The Balaban J connectivity index is 2.30. The van der Waals surface area contributed by atoms with E-state index in [1.165, 1.54) is 6.42 Å². The summed E-state index contributed by atoms with van der Waals surface area (Å²) in [5, 5.41) is 3.46. The van der Waals surface area contributed by atoms with Gasteiger partial charge >= 0.3 is 0 Å². The summed E-state index contributed by atoms with van der Waals surface area (Å²) in [4.78, 5) is 0. The number of hydrogen-bond donors (Lipinski definition) is 2. The first-order valence-corrected chi connectivity index (χ1v) is 4.01. The first-order chi connectivity index (χ1) is 4.52. The second kappa shape index (κ2) is 2.21. The molecular weight excluding hydrogens is 124 g/mol. The second-order valence-corrected chi connectivity index (χ2v) is 3.97. The van der Waals surface area contributed by atoms with Crippen LogP contribution < -0.4 is 11.1 Å². The van der Waals surface area contributed by atoms with Crippen molar-refractivity contribution in [3.63, 3.8) is 0 Å². The molecule has 1 heterocycles. The van der Waals surface area contributed by atoms with E-state index >= 15 is 0 Å². The van der Waals surface area contributed by atoms with Crippen LogP contribution in [0.2, 0.25) is 0 Å². The SMILES string of the molecule is CC1(C)NC1(C)CCCN. The van der Waals surface area contributed by atoms with Crippen LogP contribution in [-0.2, 0) is 0 Å². The lowest BCUT2D eigenvalue weighted by Gasteiger charge is -2.09. The summed E-state index contributed by atoms with van der Waals surface area (Å²) in [6.07, 6.45) is 2.34. The fraction of sp³-hybridized carbons (Fsp3) is 1.00. The number of nitrogens with two attached hydrogens (primary N) is 1. The van der Waals surface area contributed by atoms with Crippen LogP contribution in [0.25, 0.3) is 0 Å². The van der Waals surface area contributed by atoms with E-state index in [9.17, 15) is 0 Å². The van der Waals surface area contributed by atoms with Crippen LogP contribution in [0.4, 0.5) is 0 Å². The number of nitrogens with one attached hydrogen (secondary N) is 1. The molecule has 0 radical (unpaired) electrons. The van der Waals surface area contributed by atoms with Gasteiger partial charge in [-0.3, -0.25) is 0 Å². The molecule has 0 aromatic heterocycles. The third-order valence-electron chi connectivity index (χ3n) is 2.79. The Hall–Kier alpha value is -0.0800. The smallest absolute Gasteiger partial charge is 0.0336 e. The van der Waals surface area contributed by atoms with E-state index < -0.39 is 0 Å². The monoisotopic (exact) mass is 142 g/mol. The van der Waals surface area contributed by atoms with Crippen molar-refractivity contribution < 1.29 is 0 Å². The average molecular weight is 142 g/mol. The quantitative estimate of drug-likeness (QED) is 0.574. The van der Waals surface area contributed by atoms with Crippen molar-refractivity contribution in [3.05, 3.63) is 0 Å². The lowest BCUT2D eigenvalue weighted by Crippen LogP contribution is -2.17. The molecule has 1 saturated heterocycles. The maximum Gasteiger partial charge on any atom is 0.0336 e. The van der Waals surface area contributed by atoms with E-state index in [1.807, 2.05) is 0 Å². The molecule has 0 aromatic carbocycles. The maximum atomic E-state index is 5.42. The minimum atomic E-state index is 0.349. The molecule has 0 amide bonds. The average Bonchev–Trinajstić information content (AvgIpc) is 2.29. The summed E-state index contributed by atoms with van der Waals surface area (Å²) in [7, 11) is 0. The van der Waals surface area contributed by atoms with Crippen molar-refractivity contribution >= 4 is 0 Å². The highest BCUT2D eigenvalue weighted by Crippen LogP contribution is 2.40. The van der Waals surface area contributed by atoms with Crippen molar-refractivity contribution in [2.45, 2.75) is 44.7 Å². The third-order valence-corrected chi connectivity index (χ3v) is 2.79. The van der Waals surface area contributed by atoms with Gasteiger partial charge in [0.05, 0.1) is 0 Å². The topological polar surface area (TPSA) is 48.0 Å². The Morgan fingerprint density at radius 3 is 2.10 bits per heavy atom. The van der Waals surface area contributed by atoms with Gasteiger partial charge in [-0.15, -0.1) is 0 Å². The van der Waals surface area contributed by atoms with E-state index in [-0.39, 0.29) is 0 Å². The molecule has 1 rings (SSSR count). The number of hydrogen-bond acceptors (Lipinski definition) is 2. The van der Waals surface area contributed by atoms with Crippen molar-refractivity contribution in [3.8, 4) is 0 Å². The molecule has 1 fully saturated rings. The molecule has 3 N–H and O–H groups in total. The van der Waals surface area contributed by atoms with Gasteiger partial charge in [-0.1, -0.05) is 0 Å². The molecule has 0 aromatic rings. The van der Waals surface area contributed by atoms with Gasteiger partial charge in [-0.05, 0) is 40.2 Å². The Kier molecular flexibility index (Phi) is 1.77. The van der Waals surface area contributed by atoms with Crippen molar-refractivity contribution in [2.75, 3.05) is 6.54 Å². The number of rotatable bonds is 3. The molecule has 10 heavy (non-hydrogen) atoms. The summed E-state index contributed by atoms with van der Waals surface area (Å²) in [6, 6.07) is 0. The van der Waals surface area contributed by atoms with Crippen LogP contribution in [-0.4, -0.2) is 17.6 Å². The molecule has 60 valence electrons. The zero-order valence-corrected chi connectivity index (χ0v) is 7.20. The maximum absolute atomic E-state index is 5.42. The Morgan fingerprint density at radius 1 is 1.30 bits per heavy atom. The van der Waals surface area contributed by atoms with Crippen LogP contribution in [0.3, 0.4) is 0 Å². The van der Waals surface area contributed by atoms with Crippen molar-refractivity contribution in [1.29, 1.82) is 0 Å². The van der Waals surface area contributed by atoms with Gasteiger partial charge in [0.2, 0.25) is 0 Å². The molecular formula is C8H18N2. The highest BCUT2D eigenvalue weighted by molar-refractivity contribution is 5.18. The molecule has 1 atom stereocenters. The molecule has 0 aliphatic carbocycles. The van der Waals surface area contributed by atoms with Crippen LogP contribution >= 0.6 is 0 Å². The first kappa shape index (κ1) is 8.02. The largest absolute Gasteiger partial charge is 0.330 e. The third kappa shape index (κ3) is 1.18. The minimum absolute atomic E-state index is 0.349. The lowest BCUT2D eigenvalue weighted by molar-refractivity contribution is 0.536. The van der Waals surface area contributed by atoms with Crippen molar-refractivity contribution in [1.82, 2.24) is 5.32 Å². The van der Waals surface area contributed by atoms with Gasteiger partial charge in [-0.25, -0.2) is 0 Å². The van der Waals surface area contributed by atoms with Crippen LogP contribution in [0.1, 0.15) is 33.6 Å². The molecule has 0 bridgehead atoms. The van der Waals surface area contributed by atoms with Gasteiger partial charge < -0.3 is 11.1 Å². The van der Waals surface area contributed by atoms with E-state index in [0.717, 1.165) is 13.0 Å². The Morgan fingerprint density at radius 2 is 1.80 bits per heavy atom. The standard InChI is InChI=1S/C8H18N2/c1-7(2)8(3,10-7)5-4-6-9/h10H,4-6,9H2,1-3H3. The van der Waals surface area contributed by atoms with Crippen LogP contribution in [0, 0.1) is 0 Å². The predicted octanol–water partition coefficient (Wildman–Crippen LogP) is 0.866. The zero-order valence-electron chi connectivity index (χ0n) is 7.20. The molecule has 0 saturated carbocycles. The van der Waals surface area contributed by atoms with E-state index in [1.54, 1.807) is 0 Å². The van der Waals surface area contributed by atoms with Gasteiger partial charge in [0.15, 0.2) is 0 Å². The van der Waals surface area contributed by atoms with Crippen LogP contribution in [0.5, 0.6) is 0 Å². The molecule has 1 aliphatic rings. The molecule has 2 nitrogen and oxygen atoms in total. The van der Waals surface area contributed by atoms with Gasteiger partial charge in [0.25, 0.3) is 0 Å². The van der Waals surface area contributed by atoms with Crippen LogP contribution in [0.15, 0.2) is 0 Å². The predicted molar refractivity (Wildman–Crippen MR) is 43.9 cm³/mol. The molecule has 2 heteroatoms. The fourth-order valence-electron chi connectivity index (χ4n) is 1.49. The van der Waals surface area contributed by atoms with Gasteiger partial charge in [0, 0.05) is 11.1 Å². The van der Waals surface area contributed by atoms with E-state index in [2.05, 4.69) is 26.1 Å². The first-order valence-electron chi connectivity index (χ1n) is 4.01. The van der Waals surface area contributed by atoms with Gasteiger partial charge in [-0.2, -0.15) is 0 Å². The van der Waals surface area contributed by atoms with Crippen molar-refractivity contribution in [2.24, 2.45) is 5.73 Å². The summed E-state index contributed by atoms with van der Waals surface area (Å²) in [5.41, 5.74) is 6.14. The second-order valence-electron chi connectivity index (χ2n) is 3.97. The Bertz CT molecular complexity index is 131. The Labute approximate surface area is 63.2 Å².